The topological polar surface area (TPSA) is 66.8 Å². The summed E-state index contributed by atoms with van der Waals surface area (Å²) in [6.45, 7) is 5.19. The number of hydrogen-bond acceptors (Lipinski definition) is 6. The average Bonchev–Trinajstić information content (AvgIpc) is 2.54. The third-order valence-electron chi connectivity index (χ3n) is 3.27. The second-order valence-electron chi connectivity index (χ2n) is 4.97. The van der Waals surface area contributed by atoms with Gasteiger partial charge in [0.25, 0.3) is 0 Å². The molecule has 1 N–H and O–H groups in total. The number of ether oxygens (including phenoxy) is 1. The third kappa shape index (κ3) is 4.70. The summed E-state index contributed by atoms with van der Waals surface area (Å²) < 4.78 is 6.96. The van der Waals surface area contributed by atoms with Crippen LogP contribution in [0.2, 0.25) is 0 Å². The molecule has 1 aromatic rings. The first kappa shape index (κ1) is 20.4. The lowest BCUT2D eigenvalue weighted by molar-refractivity contribution is 0.101. The molecule has 1 amide bonds. The quantitative estimate of drug-likeness (QED) is 0.542. The molecule has 0 aromatic heterocycles. The fourth-order valence-electron chi connectivity index (χ4n) is 2.26. The Morgan fingerprint density at radius 2 is 1.96 bits per heavy atom. The maximum absolute atomic E-state index is 12.3. The van der Waals surface area contributed by atoms with Crippen LogP contribution >= 0.6 is 23.9 Å². The molecule has 0 unspecified atom stereocenters. The molecule has 0 radical (unpaired) electrons. The number of phenolic OH excluding ortho intramolecular Hbond substituents is 1. The second kappa shape index (κ2) is 9.64. The van der Waals surface area contributed by atoms with Crippen LogP contribution in [0.5, 0.6) is 11.5 Å². The lowest BCUT2D eigenvalue weighted by atomic mass is 9.97. The minimum Gasteiger partial charge on any atom is -0.507 e. The standard InChI is InChI=1S/C17H23NO4S2/c1-6-8-12-10-14(11(3)19)15(20)13(9-7-2)16(12)22-17(21)18(23-4)24-5/h6,8,10,20H,7,9H2,1-5H3/b8-6-. The summed E-state index contributed by atoms with van der Waals surface area (Å²) in [6, 6.07) is 1.56. The molecule has 0 fully saturated rings. The number of phenols is 1. The molecule has 0 saturated carbocycles. The van der Waals surface area contributed by atoms with E-state index >= 15 is 0 Å². The number of hydrogen-bond donors (Lipinski definition) is 1. The molecule has 1 rings (SSSR count). The normalized spacial score (nSPS) is 10.9. The summed E-state index contributed by atoms with van der Waals surface area (Å²) in [6.07, 6.45) is 7.80. The van der Waals surface area contributed by atoms with Crippen molar-refractivity contribution in [2.75, 3.05) is 12.5 Å². The van der Waals surface area contributed by atoms with Gasteiger partial charge in [-0.15, -0.1) is 0 Å². The summed E-state index contributed by atoms with van der Waals surface area (Å²) in [5.41, 5.74) is 1.31. The van der Waals surface area contributed by atoms with Gasteiger partial charge in [-0.25, -0.2) is 4.79 Å². The predicted octanol–water partition coefficient (Wildman–Crippen LogP) is 4.94. The Balaban J connectivity index is 3.51. The van der Waals surface area contributed by atoms with Crippen LogP contribution in [0.15, 0.2) is 12.1 Å². The van der Waals surface area contributed by atoms with Crippen LogP contribution in [0.4, 0.5) is 4.79 Å². The summed E-state index contributed by atoms with van der Waals surface area (Å²) in [5, 5.41) is 10.5. The maximum atomic E-state index is 12.3. The molecular formula is C17H23NO4S2. The third-order valence-corrected chi connectivity index (χ3v) is 5.13. The fraction of sp³-hybridized carbons (Fsp3) is 0.412. The van der Waals surface area contributed by atoms with E-state index in [2.05, 4.69) is 0 Å². The first-order valence-electron chi connectivity index (χ1n) is 7.53. The van der Waals surface area contributed by atoms with Gasteiger partial charge in [-0.05, 0) is 50.2 Å². The molecule has 132 valence electrons. The summed E-state index contributed by atoms with van der Waals surface area (Å²) in [5.74, 6) is -0.0425. The van der Waals surface area contributed by atoms with Crippen molar-refractivity contribution in [2.24, 2.45) is 0 Å². The molecule has 0 heterocycles. The fourth-order valence-corrected chi connectivity index (χ4v) is 3.23. The Morgan fingerprint density at radius 3 is 2.42 bits per heavy atom. The number of nitrogens with zero attached hydrogens (tertiary/aromatic N) is 1. The molecule has 0 bridgehead atoms. The van der Waals surface area contributed by atoms with E-state index in [1.165, 1.54) is 34.5 Å². The molecule has 0 aliphatic heterocycles. The van der Waals surface area contributed by atoms with Gasteiger partial charge in [0.2, 0.25) is 0 Å². The maximum Gasteiger partial charge on any atom is 0.435 e. The molecule has 0 spiro atoms. The zero-order valence-corrected chi connectivity index (χ0v) is 16.2. The van der Waals surface area contributed by atoms with E-state index in [-0.39, 0.29) is 17.1 Å². The minimum atomic E-state index is -0.534. The van der Waals surface area contributed by atoms with E-state index in [0.29, 0.717) is 23.3 Å². The first-order chi connectivity index (χ1) is 11.4. The van der Waals surface area contributed by atoms with Gasteiger partial charge in [0.1, 0.15) is 11.5 Å². The van der Waals surface area contributed by atoms with Gasteiger partial charge in [0.05, 0.1) is 5.56 Å². The van der Waals surface area contributed by atoms with Crippen LogP contribution in [-0.2, 0) is 6.42 Å². The number of rotatable bonds is 7. The highest BCUT2D eigenvalue weighted by atomic mass is 32.2. The van der Waals surface area contributed by atoms with Gasteiger partial charge in [-0.2, -0.15) is 3.71 Å². The van der Waals surface area contributed by atoms with Crippen LogP contribution < -0.4 is 4.74 Å². The zero-order chi connectivity index (χ0) is 18.3. The van der Waals surface area contributed by atoms with E-state index < -0.39 is 6.09 Å². The summed E-state index contributed by atoms with van der Waals surface area (Å²) in [7, 11) is 0. The van der Waals surface area contributed by atoms with Crippen LogP contribution in [0.3, 0.4) is 0 Å². The SMILES string of the molecule is C/C=C\c1cc(C(C)=O)c(O)c(CCC)c1OC(=O)N(SC)SC. The number of Topliss-reactive ketones (excluding diaryl/α,β-unsaturated/α-hetero) is 1. The van der Waals surface area contributed by atoms with Crippen molar-refractivity contribution < 1.29 is 19.4 Å². The summed E-state index contributed by atoms with van der Waals surface area (Å²) >= 11 is 2.47. The van der Waals surface area contributed by atoms with Crippen molar-refractivity contribution in [3.05, 3.63) is 28.8 Å². The number of aromatic hydroxyl groups is 1. The molecule has 5 nitrogen and oxygen atoms in total. The van der Waals surface area contributed by atoms with Crippen molar-refractivity contribution in [3.8, 4) is 11.5 Å². The van der Waals surface area contributed by atoms with Crippen molar-refractivity contribution in [2.45, 2.75) is 33.6 Å². The van der Waals surface area contributed by atoms with Gasteiger partial charge in [-0.3, -0.25) is 4.79 Å². The molecule has 0 aliphatic carbocycles. The largest absolute Gasteiger partial charge is 0.507 e. The molecule has 0 saturated heterocycles. The van der Waals surface area contributed by atoms with E-state index in [0.717, 1.165) is 6.42 Å². The number of carbonyl (C=O) groups is 2. The highest BCUT2D eigenvalue weighted by Gasteiger charge is 2.23. The molecule has 0 atom stereocenters. The molecular weight excluding hydrogens is 346 g/mol. The Bertz CT molecular complexity index is 640. The number of ketones is 1. The lowest BCUT2D eigenvalue weighted by Crippen LogP contribution is -2.22. The lowest BCUT2D eigenvalue weighted by Gasteiger charge is -2.20. The second-order valence-corrected chi connectivity index (χ2v) is 6.66. The smallest absolute Gasteiger partial charge is 0.435 e. The van der Waals surface area contributed by atoms with Crippen molar-refractivity contribution in [3.63, 3.8) is 0 Å². The minimum absolute atomic E-state index is 0.111. The van der Waals surface area contributed by atoms with Gasteiger partial charge in [-0.1, -0.05) is 25.5 Å². The zero-order valence-electron chi connectivity index (χ0n) is 14.6. The molecule has 1 aromatic carbocycles. The van der Waals surface area contributed by atoms with Gasteiger partial charge < -0.3 is 9.84 Å². The van der Waals surface area contributed by atoms with Gasteiger partial charge >= 0.3 is 6.09 Å². The number of benzene rings is 1. The molecule has 0 aliphatic rings. The molecule has 24 heavy (non-hydrogen) atoms. The van der Waals surface area contributed by atoms with E-state index in [4.69, 9.17) is 4.74 Å². The van der Waals surface area contributed by atoms with Crippen molar-refractivity contribution >= 4 is 41.8 Å². The van der Waals surface area contributed by atoms with Crippen LogP contribution in [0.1, 0.15) is 48.7 Å². The van der Waals surface area contributed by atoms with Crippen molar-refractivity contribution in [1.82, 2.24) is 3.71 Å². The van der Waals surface area contributed by atoms with Gasteiger partial charge in [0.15, 0.2) is 5.78 Å². The van der Waals surface area contributed by atoms with Crippen LogP contribution in [0.25, 0.3) is 6.08 Å². The number of allylic oxidation sites excluding steroid dienone is 1. The highest BCUT2D eigenvalue weighted by molar-refractivity contribution is 8.12. The Hall–Kier alpha value is -1.60. The summed E-state index contributed by atoms with van der Waals surface area (Å²) in [4.78, 5) is 24.1. The first-order valence-corrected chi connectivity index (χ1v) is 9.90. The number of amides is 1. The number of carbonyl (C=O) groups excluding carboxylic acids is 2. The van der Waals surface area contributed by atoms with Crippen LogP contribution in [0, 0.1) is 0 Å². The van der Waals surface area contributed by atoms with Crippen molar-refractivity contribution in [1.29, 1.82) is 0 Å². The van der Waals surface area contributed by atoms with E-state index in [9.17, 15) is 14.7 Å². The molecule has 7 heteroatoms. The highest BCUT2D eigenvalue weighted by Crippen LogP contribution is 2.38. The Labute approximate surface area is 151 Å². The van der Waals surface area contributed by atoms with Gasteiger partial charge in [0, 0.05) is 23.6 Å². The average molecular weight is 370 g/mol. The van der Waals surface area contributed by atoms with E-state index in [1.54, 1.807) is 30.7 Å². The predicted molar refractivity (Wildman–Crippen MR) is 102 cm³/mol. The Morgan fingerprint density at radius 1 is 1.33 bits per heavy atom. The Kier molecular flexibility index (Phi) is 8.21. The van der Waals surface area contributed by atoms with E-state index in [1.807, 2.05) is 13.8 Å². The van der Waals surface area contributed by atoms with Crippen LogP contribution in [-0.4, -0.2) is 33.2 Å². The monoisotopic (exact) mass is 369 g/mol.